The van der Waals surface area contributed by atoms with Crippen molar-refractivity contribution in [1.82, 2.24) is 24.8 Å². The minimum atomic E-state index is -0.789. The van der Waals surface area contributed by atoms with Crippen LogP contribution in [0.1, 0.15) is 24.2 Å². The Morgan fingerprint density at radius 2 is 2.07 bits per heavy atom. The second kappa shape index (κ2) is 7.65. The van der Waals surface area contributed by atoms with Crippen molar-refractivity contribution in [2.75, 3.05) is 56.7 Å². The monoisotopic (exact) mass is 387 g/mol. The minimum absolute atomic E-state index is 0.0102. The standard InChI is InChI=1S/C19H29N7O2/c1-24(11-14(28)12-27)16-3-7-20-18(23-16)26-9-5-19(6-10-26)17-15(21-13-22-17)4-8-25(19)2/h3,7,13-14,27-28H,4-6,8-12H2,1-2H3,(H,21,22)/t14-/m0/s1. The van der Waals surface area contributed by atoms with Crippen LogP contribution < -0.4 is 9.80 Å². The molecule has 2 aromatic rings. The fourth-order valence-corrected chi connectivity index (χ4v) is 4.45. The van der Waals surface area contributed by atoms with E-state index in [1.54, 1.807) is 6.20 Å². The molecule has 0 aromatic carbocycles. The third kappa shape index (κ3) is 3.34. The number of aliphatic hydroxyl groups excluding tert-OH is 2. The van der Waals surface area contributed by atoms with Crippen molar-refractivity contribution in [3.05, 3.63) is 30.0 Å². The zero-order valence-corrected chi connectivity index (χ0v) is 16.5. The summed E-state index contributed by atoms with van der Waals surface area (Å²) in [6.07, 6.45) is 5.77. The highest BCUT2D eigenvalue weighted by molar-refractivity contribution is 5.44. The second-order valence-electron chi connectivity index (χ2n) is 7.85. The lowest BCUT2D eigenvalue weighted by Gasteiger charge is -2.49. The molecule has 152 valence electrons. The fraction of sp³-hybridized carbons (Fsp3) is 0.632. The van der Waals surface area contributed by atoms with Crippen molar-refractivity contribution in [2.45, 2.75) is 30.9 Å². The molecule has 9 nitrogen and oxygen atoms in total. The molecule has 4 rings (SSSR count). The molecule has 28 heavy (non-hydrogen) atoms. The Bertz CT molecular complexity index is 803. The average molecular weight is 387 g/mol. The van der Waals surface area contributed by atoms with E-state index < -0.39 is 6.10 Å². The summed E-state index contributed by atoms with van der Waals surface area (Å²) in [5.41, 5.74) is 2.46. The Labute approximate surface area is 165 Å². The molecule has 2 aliphatic rings. The number of aromatic nitrogens is 4. The average Bonchev–Trinajstić information content (AvgIpc) is 3.21. The van der Waals surface area contributed by atoms with Crippen molar-refractivity contribution in [3.8, 4) is 0 Å². The van der Waals surface area contributed by atoms with Crippen molar-refractivity contribution in [1.29, 1.82) is 0 Å². The van der Waals surface area contributed by atoms with Gasteiger partial charge in [0.1, 0.15) is 5.82 Å². The first-order valence-electron chi connectivity index (χ1n) is 9.85. The molecule has 0 saturated carbocycles. The molecule has 2 aromatic heterocycles. The molecule has 4 heterocycles. The van der Waals surface area contributed by atoms with Gasteiger partial charge >= 0.3 is 0 Å². The number of hydrogen-bond donors (Lipinski definition) is 3. The summed E-state index contributed by atoms with van der Waals surface area (Å²) in [5, 5.41) is 18.7. The highest BCUT2D eigenvalue weighted by atomic mass is 16.3. The van der Waals surface area contributed by atoms with E-state index in [-0.39, 0.29) is 12.1 Å². The Morgan fingerprint density at radius 3 is 2.82 bits per heavy atom. The third-order valence-electron chi connectivity index (χ3n) is 6.18. The minimum Gasteiger partial charge on any atom is -0.394 e. The number of hydrogen-bond acceptors (Lipinski definition) is 8. The number of aromatic amines is 1. The molecule has 3 N–H and O–H groups in total. The molecule has 0 aliphatic carbocycles. The van der Waals surface area contributed by atoms with Gasteiger partial charge in [-0.05, 0) is 26.0 Å². The number of H-pyrrole nitrogens is 1. The van der Waals surface area contributed by atoms with Crippen LogP contribution in [0.2, 0.25) is 0 Å². The summed E-state index contributed by atoms with van der Waals surface area (Å²) in [5.74, 6) is 1.44. The molecule has 1 saturated heterocycles. The van der Waals surface area contributed by atoms with Gasteiger partial charge in [0.2, 0.25) is 5.95 Å². The van der Waals surface area contributed by atoms with Crippen LogP contribution in [0.25, 0.3) is 0 Å². The van der Waals surface area contributed by atoms with Gasteiger partial charge in [0.05, 0.1) is 30.3 Å². The molecule has 1 atom stereocenters. The maximum absolute atomic E-state index is 9.68. The molecule has 1 spiro atoms. The van der Waals surface area contributed by atoms with Crippen molar-refractivity contribution in [3.63, 3.8) is 0 Å². The van der Waals surface area contributed by atoms with Gasteiger partial charge in [0.25, 0.3) is 0 Å². The van der Waals surface area contributed by atoms with E-state index >= 15 is 0 Å². The van der Waals surface area contributed by atoms with Crippen LogP contribution in [0.5, 0.6) is 0 Å². The number of likely N-dealkylation sites (N-methyl/N-ethyl adjacent to an activating group) is 2. The summed E-state index contributed by atoms with van der Waals surface area (Å²) >= 11 is 0. The zero-order valence-electron chi connectivity index (χ0n) is 16.5. The molecular weight excluding hydrogens is 358 g/mol. The van der Waals surface area contributed by atoms with Crippen LogP contribution in [-0.4, -0.2) is 88.0 Å². The van der Waals surface area contributed by atoms with E-state index in [4.69, 9.17) is 5.11 Å². The van der Waals surface area contributed by atoms with Gasteiger partial charge < -0.3 is 25.0 Å². The topological polar surface area (TPSA) is 105 Å². The van der Waals surface area contributed by atoms with E-state index in [0.717, 1.165) is 44.7 Å². The lowest BCUT2D eigenvalue weighted by molar-refractivity contribution is 0.0710. The predicted molar refractivity (Wildman–Crippen MR) is 106 cm³/mol. The number of anilines is 2. The van der Waals surface area contributed by atoms with E-state index in [0.29, 0.717) is 12.5 Å². The van der Waals surface area contributed by atoms with Gasteiger partial charge in [-0.1, -0.05) is 0 Å². The number of piperidine rings is 1. The molecule has 9 heteroatoms. The second-order valence-corrected chi connectivity index (χ2v) is 7.85. The van der Waals surface area contributed by atoms with Crippen LogP contribution in [0, 0.1) is 0 Å². The first-order chi connectivity index (χ1) is 13.5. The Kier molecular flexibility index (Phi) is 5.22. The lowest BCUT2D eigenvalue weighted by atomic mass is 9.79. The van der Waals surface area contributed by atoms with Crippen LogP contribution in [0.4, 0.5) is 11.8 Å². The smallest absolute Gasteiger partial charge is 0.227 e. The van der Waals surface area contributed by atoms with E-state index in [1.165, 1.54) is 11.4 Å². The molecule has 0 radical (unpaired) electrons. The highest BCUT2D eigenvalue weighted by Crippen LogP contribution is 2.41. The number of nitrogens with one attached hydrogen (secondary N) is 1. The molecule has 1 fully saturated rings. The maximum atomic E-state index is 9.68. The summed E-state index contributed by atoms with van der Waals surface area (Å²) in [7, 11) is 4.05. The van der Waals surface area contributed by atoms with Crippen LogP contribution in [-0.2, 0) is 12.0 Å². The number of fused-ring (bicyclic) bond motifs is 2. The van der Waals surface area contributed by atoms with Crippen molar-refractivity contribution in [2.24, 2.45) is 0 Å². The Morgan fingerprint density at radius 1 is 1.29 bits per heavy atom. The van der Waals surface area contributed by atoms with Gasteiger partial charge in [0.15, 0.2) is 0 Å². The van der Waals surface area contributed by atoms with Gasteiger partial charge in [-0.25, -0.2) is 9.97 Å². The van der Waals surface area contributed by atoms with Gasteiger partial charge in [-0.15, -0.1) is 0 Å². The fourth-order valence-electron chi connectivity index (χ4n) is 4.45. The van der Waals surface area contributed by atoms with Crippen molar-refractivity contribution >= 4 is 11.8 Å². The highest BCUT2D eigenvalue weighted by Gasteiger charge is 2.45. The number of imidazole rings is 1. The summed E-state index contributed by atoms with van der Waals surface area (Å²) in [6, 6.07) is 1.82. The molecule has 0 unspecified atom stereocenters. The van der Waals surface area contributed by atoms with Gasteiger partial charge in [-0.3, -0.25) is 4.90 Å². The Balaban J connectivity index is 1.48. The van der Waals surface area contributed by atoms with E-state index in [9.17, 15) is 5.11 Å². The van der Waals surface area contributed by atoms with Gasteiger partial charge in [-0.2, -0.15) is 4.98 Å². The van der Waals surface area contributed by atoms with Crippen LogP contribution in [0.15, 0.2) is 18.6 Å². The zero-order chi connectivity index (χ0) is 19.7. The molecular formula is C19H29N7O2. The summed E-state index contributed by atoms with van der Waals surface area (Å²) in [6.45, 7) is 2.83. The predicted octanol–water partition coefficient (Wildman–Crippen LogP) is -0.0273. The lowest BCUT2D eigenvalue weighted by Crippen LogP contribution is -2.55. The SMILES string of the molecule is CN(C[C@H](O)CO)c1ccnc(N2CCC3(CC2)c2nc[nH]c2CCN3C)n1. The number of nitrogens with zero attached hydrogens (tertiary/aromatic N) is 6. The quantitative estimate of drug-likeness (QED) is 0.657. The van der Waals surface area contributed by atoms with Crippen molar-refractivity contribution < 1.29 is 10.2 Å². The first kappa shape index (κ1) is 19.1. The Hall–Kier alpha value is -2.23. The summed E-state index contributed by atoms with van der Waals surface area (Å²) < 4.78 is 0. The number of rotatable bonds is 5. The van der Waals surface area contributed by atoms with Crippen LogP contribution in [0.3, 0.4) is 0 Å². The third-order valence-corrected chi connectivity index (χ3v) is 6.18. The molecule has 0 amide bonds. The maximum Gasteiger partial charge on any atom is 0.227 e. The molecule has 2 aliphatic heterocycles. The molecule has 0 bridgehead atoms. The first-order valence-corrected chi connectivity index (χ1v) is 9.85. The summed E-state index contributed by atoms with van der Waals surface area (Å²) in [4.78, 5) is 23.6. The van der Waals surface area contributed by atoms with E-state index in [1.807, 2.05) is 24.3 Å². The number of aliphatic hydroxyl groups is 2. The van der Waals surface area contributed by atoms with Gasteiger partial charge in [0, 0.05) is 51.5 Å². The van der Waals surface area contributed by atoms with Crippen LogP contribution >= 0.6 is 0 Å². The normalized spacial score (nSPS) is 20.2. The van der Waals surface area contributed by atoms with E-state index in [2.05, 4.69) is 36.8 Å². The largest absolute Gasteiger partial charge is 0.394 e.